The molecule has 0 unspecified atom stereocenters. The Morgan fingerprint density at radius 1 is 0.895 bits per heavy atom. The third-order valence-corrected chi connectivity index (χ3v) is 6.44. The predicted octanol–water partition coefficient (Wildman–Crippen LogP) is 4.35. The molecule has 2 N–H and O–H groups in total. The van der Waals surface area contributed by atoms with Gasteiger partial charge in [-0.1, -0.05) is 6.07 Å². The van der Waals surface area contributed by atoms with Gasteiger partial charge in [0.15, 0.2) is 0 Å². The first-order valence-electron chi connectivity index (χ1n) is 7.93. The molecule has 0 atom stereocenters. The predicted molar refractivity (Wildman–Crippen MR) is 80.2 cm³/mol. The van der Waals surface area contributed by atoms with E-state index in [0.29, 0.717) is 5.41 Å². The zero-order valence-corrected chi connectivity index (χ0v) is 12.2. The van der Waals surface area contributed by atoms with Crippen molar-refractivity contribution in [3.63, 3.8) is 0 Å². The quantitative estimate of drug-likeness (QED) is 0.742. The van der Waals surface area contributed by atoms with Crippen LogP contribution in [0.2, 0.25) is 0 Å². The molecule has 0 radical (unpaired) electrons. The van der Waals surface area contributed by atoms with Crippen LogP contribution in [0, 0.1) is 31.6 Å². The van der Waals surface area contributed by atoms with E-state index < -0.39 is 0 Å². The summed E-state index contributed by atoms with van der Waals surface area (Å²) >= 11 is 0. The molecule has 0 heterocycles. The smallest absolute Gasteiger partial charge is 0.0346 e. The van der Waals surface area contributed by atoms with Crippen molar-refractivity contribution in [2.45, 2.75) is 57.8 Å². The molecule has 0 saturated heterocycles. The topological polar surface area (TPSA) is 26.0 Å². The summed E-state index contributed by atoms with van der Waals surface area (Å²) in [6.07, 6.45) is 8.90. The van der Waals surface area contributed by atoms with E-state index in [2.05, 4.69) is 26.0 Å². The lowest BCUT2D eigenvalue weighted by atomic mass is 9.47. The van der Waals surface area contributed by atoms with Crippen molar-refractivity contribution in [2.75, 3.05) is 5.73 Å². The molecule has 0 aliphatic heterocycles. The number of nitrogen functional groups attached to an aromatic ring is 1. The van der Waals surface area contributed by atoms with E-state index in [0.717, 1.165) is 23.4 Å². The van der Waals surface area contributed by atoms with Crippen LogP contribution in [0.25, 0.3) is 0 Å². The summed E-state index contributed by atoms with van der Waals surface area (Å²) in [6.45, 7) is 4.48. The van der Waals surface area contributed by atoms with Gasteiger partial charge in [-0.3, -0.25) is 0 Å². The van der Waals surface area contributed by atoms with Crippen molar-refractivity contribution in [1.29, 1.82) is 0 Å². The summed E-state index contributed by atoms with van der Waals surface area (Å²) in [5.74, 6) is 3.05. The molecule has 19 heavy (non-hydrogen) atoms. The highest BCUT2D eigenvalue weighted by Crippen LogP contribution is 2.61. The first-order chi connectivity index (χ1) is 9.07. The number of rotatable bonds is 1. The molecule has 4 fully saturated rings. The molecule has 4 aliphatic carbocycles. The molecule has 0 amide bonds. The molecule has 4 aliphatic rings. The standard InChI is InChI=1S/C18H25N/c1-11-12(2)17(19)4-3-16(11)18-8-13-5-14(9-18)7-15(6-13)10-18/h3-4,13-15H,5-10,19H2,1-2H3. The Kier molecular flexibility index (Phi) is 2.35. The van der Waals surface area contributed by atoms with Crippen molar-refractivity contribution in [2.24, 2.45) is 17.8 Å². The fourth-order valence-electron chi connectivity index (χ4n) is 5.86. The van der Waals surface area contributed by atoms with E-state index in [4.69, 9.17) is 5.73 Å². The number of benzene rings is 1. The van der Waals surface area contributed by atoms with Crippen LogP contribution in [0.4, 0.5) is 5.69 Å². The van der Waals surface area contributed by atoms with Gasteiger partial charge in [-0.2, -0.15) is 0 Å². The van der Waals surface area contributed by atoms with Crippen molar-refractivity contribution in [1.82, 2.24) is 0 Å². The molecule has 102 valence electrons. The molecule has 4 saturated carbocycles. The fourth-order valence-corrected chi connectivity index (χ4v) is 5.86. The monoisotopic (exact) mass is 255 g/mol. The van der Waals surface area contributed by atoms with E-state index in [-0.39, 0.29) is 0 Å². The number of nitrogens with two attached hydrogens (primary N) is 1. The van der Waals surface area contributed by atoms with Gasteiger partial charge in [0.25, 0.3) is 0 Å². The Balaban J connectivity index is 1.82. The van der Waals surface area contributed by atoms with E-state index in [1.165, 1.54) is 49.7 Å². The number of hydrogen-bond donors (Lipinski definition) is 1. The summed E-state index contributed by atoms with van der Waals surface area (Å²) in [4.78, 5) is 0. The average molecular weight is 255 g/mol. The van der Waals surface area contributed by atoms with Crippen LogP contribution in [-0.4, -0.2) is 0 Å². The lowest BCUT2D eigenvalue weighted by molar-refractivity contribution is -0.00548. The number of anilines is 1. The van der Waals surface area contributed by atoms with Crippen LogP contribution in [0.15, 0.2) is 12.1 Å². The summed E-state index contributed by atoms with van der Waals surface area (Å²) in [5, 5.41) is 0. The lowest BCUT2D eigenvalue weighted by Crippen LogP contribution is -2.48. The minimum atomic E-state index is 0.511. The maximum absolute atomic E-state index is 6.08. The Morgan fingerprint density at radius 3 is 1.95 bits per heavy atom. The molecule has 4 bridgehead atoms. The average Bonchev–Trinajstić information content (AvgIpc) is 2.34. The molecular weight excluding hydrogens is 230 g/mol. The first-order valence-corrected chi connectivity index (χ1v) is 7.93. The Labute approximate surface area is 116 Å². The van der Waals surface area contributed by atoms with Gasteiger partial charge in [0, 0.05) is 5.69 Å². The normalized spacial score (nSPS) is 39.8. The van der Waals surface area contributed by atoms with Gasteiger partial charge in [0.05, 0.1) is 0 Å². The highest BCUT2D eigenvalue weighted by Gasteiger charge is 2.51. The third-order valence-electron chi connectivity index (χ3n) is 6.44. The van der Waals surface area contributed by atoms with Gasteiger partial charge >= 0.3 is 0 Å². The van der Waals surface area contributed by atoms with Crippen molar-refractivity contribution >= 4 is 5.69 Å². The Morgan fingerprint density at radius 2 is 1.42 bits per heavy atom. The highest BCUT2D eigenvalue weighted by molar-refractivity contribution is 5.54. The molecule has 0 aromatic heterocycles. The van der Waals surface area contributed by atoms with Gasteiger partial charge < -0.3 is 5.73 Å². The van der Waals surface area contributed by atoms with E-state index in [1.807, 2.05) is 0 Å². The van der Waals surface area contributed by atoms with Gasteiger partial charge in [-0.25, -0.2) is 0 Å². The van der Waals surface area contributed by atoms with Crippen molar-refractivity contribution < 1.29 is 0 Å². The summed E-state index contributed by atoms with van der Waals surface area (Å²) < 4.78 is 0. The summed E-state index contributed by atoms with van der Waals surface area (Å²) in [6, 6.07) is 4.50. The van der Waals surface area contributed by atoms with E-state index in [9.17, 15) is 0 Å². The first kappa shape index (κ1) is 11.8. The maximum atomic E-state index is 6.08. The summed E-state index contributed by atoms with van der Waals surface area (Å²) in [5.41, 5.74) is 12.0. The van der Waals surface area contributed by atoms with Crippen LogP contribution in [0.1, 0.15) is 55.2 Å². The second-order valence-corrected chi connectivity index (χ2v) is 7.65. The second kappa shape index (κ2) is 3.77. The van der Waals surface area contributed by atoms with Crippen molar-refractivity contribution in [3.05, 3.63) is 28.8 Å². The van der Waals surface area contributed by atoms with Gasteiger partial charge in [-0.05, 0) is 98.3 Å². The van der Waals surface area contributed by atoms with E-state index in [1.54, 1.807) is 5.56 Å². The van der Waals surface area contributed by atoms with Crippen LogP contribution in [0.3, 0.4) is 0 Å². The minimum Gasteiger partial charge on any atom is -0.399 e. The largest absolute Gasteiger partial charge is 0.399 e. The van der Waals surface area contributed by atoms with Gasteiger partial charge in [0.2, 0.25) is 0 Å². The fraction of sp³-hybridized carbons (Fsp3) is 0.667. The van der Waals surface area contributed by atoms with Gasteiger partial charge in [0.1, 0.15) is 0 Å². The lowest BCUT2D eigenvalue weighted by Gasteiger charge is -2.57. The molecular formula is C18H25N. The SMILES string of the molecule is Cc1c(N)ccc(C23CC4CC(CC(C4)C2)C3)c1C. The summed E-state index contributed by atoms with van der Waals surface area (Å²) in [7, 11) is 0. The van der Waals surface area contributed by atoms with E-state index >= 15 is 0 Å². The second-order valence-electron chi connectivity index (χ2n) is 7.65. The molecule has 5 rings (SSSR count). The zero-order valence-electron chi connectivity index (χ0n) is 12.2. The Hall–Kier alpha value is -0.980. The molecule has 1 heteroatoms. The minimum absolute atomic E-state index is 0.511. The van der Waals surface area contributed by atoms with Crippen LogP contribution in [0.5, 0.6) is 0 Å². The number of hydrogen-bond acceptors (Lipinski definition) is 1. The van der Waals surface area contributed by atoms with Crippen LogP contribution < -0.4 is 5.73 Å². The van der Waals surface area contributed by atoms with Gasteiger partial charge in [-0.15, -0.1) is 0 Å². The van der Waals surface area contributed by atoms with Crippen LogP contribution in [-0.2, 0) is 5.41 Å². The molecule has 1 aromatic carbocycles. The molecule has 0 spiro atoms. The zero-order chi connectivity index (χ0) is 13.2. The van der Waals surface area contributed by atoms with Crippen molar-refractivity contribution in [3.8, 4) is 0 Å². The molecule has 1 nitrogen and oxygen atoms in total. The van der Waals surface area contributed by atoms with Crippen LogP contribution >= 0.6 is 0 Å². The molecule has 1 aromatic rings. The Bertz CT molecular complexity index is 493. The highest BCUT2D eigenvalue weighted by atomic mass is 14.6. The third kappa shape index (κ3) is 1.60. The maximum Gasteiger partial charge on any atom is 0.0346 e.